The maximum atomic E-state index is 10.00. The number of ether oxygens (including phenoxy) is 3. The third-order valence-corrected chi connectivity index (χ3v) is 4.04. The van der Waals surface area contributed by atoms with Gasteiger partial charge in [-0.15, -0.1) is 0 Å². The van der Waals surface area contributed by atoms with E-state index in [-0.39, 0.29) is 16.4 Å². The number of aliphatic hydroxyl groups is 8. The third-order valence-electron chi connectivity index (χ3n) is 4.04. The molecule has 14 nitrogen and oxygen atoms in total. The fourth-order valence-electron chi connectivity index (χ4n) is 2.63. The zero-order valence-electron chi connectivity index (χ0n) is 13.5. The van der Waals surface area contributed by atoms with E-state index in [2.05, 4.69) is 0 Å². The van der Waals surface area contributed by atoms with Gasteiger partial charge in [0.25, 0.3) is 0 Å². The molecule has 2 heterocycles. The highest BCUT2D eigenvalue weighted by atomic mass is 16.7. The van der Waals surface area contributed by atoms with Gasteiger partial charge in [0.1, 0.15) is 42.7 Å². The summed E-state index contributed by atoms with van der Waals surface area (Å²) in [6.07, 6.45) is -12.2. The average Bonchev–Trinajstić information content (AvgIpc) is 2.80. The van der Waals surface area contributed by atoms with E-state index in [4.69, 9.17) is 24.4 Å². The van der Waals surface area contributed by atoms with Gasteiger partial charge in [0.05, 0.1) is 19.8 Å². The Morgan fingerprint density at radius 2 is 1.35 bits per heavy atom. The Labute approximate surface area is 147 Å². The van der Waals surface area contributed by atoms with Crippen LogP contribution in [0.1, 0.15) is 0 Å². The molecular formula is C12H28O14. The van der Waals surface area contributed by atoms with Crippen LogP contribution in [0.2, 0.25) is 0 Å². The molecule has 0 aromatic heterocycles. The van der Waals surface area contributed by atoms with E-state index < -0.39 is 74.6 Å². The molecule has 2 rings (SSSR count). The Bertz CT molecular complexity index is 396. The predicted molar refractivity (Wildman–Crippen MR) is 79.5 cm³/mol. The molecule has 0 amide bonds. The maximum Gasteiger partial charge on any atom is 0.219 e. The second kappa shape index (κ2) is 10.7. The molecule has 0 bridgehead atoms. The average molecular weight is 396 g/mol. The fourth-order valence-corrected chi connectivity index (χ4v) is 2.63. The van der Waals surface area contributed by atoms with E-state index >= 15 is 0 Å². The lowest BCUT2D eigenvalue weighted by atomic mass is 9.99. The summed E-state index contributed by atoms with van der Waals surface area (Å²) in [4.78, 5) is 0. The highest BCUT2D eigenvalue weighted by Crippen LogP contribution is 2.33. The van der Waals surface area contributed by atoms with Gasteiger partial charge in [-0.3, -0.25) is 0 Å². The minimum Gasteiger partial charge on any atom is -0.412 e. The van der Waals surface area contributed by atoms with Crippen LogP contribution in [-0.4, -0.2) is 132 Å². The Balaban J connectivity index is 0. The van der Waals surface area contributed by atoms with Gasteiger partial charge in [0, 0.05) is 0 Å². The van der Waals surface area contributed by atoms with Crippen LogP contribution in [0.3, 0.4) is 0 Å². The molecule has 2 aliphatic rings. The smallest absolute Gasteiger partial charge is 0.219 e. The van der Waals surface area contributed by atoms with E-state index in [1.54, 1.807) is 0 Å². The summed E-state index contributed by atoms with van der Waals surface area (Å²) < 4.78 is 15.3. The van der Waals surface area contributed by atoms with Gasteiger partial charge in [0.2, 0.25) is 5.79 Å². The molecule has 14 N–H and O–H groups in total. The van der Waals surface area contributed by atoms with Crippen molar-refractivity contribution in [1.82, 2.24) is 0 Å². The largest absolute Gasteiger partial charge is 0.412 e. The minimum absolute atomic E-state index is 0. The van der Waals surface area contributed by atoms with E-state index in [0.717, 1.165) is 0 Å². The molecule has 0 unspecified atom stereocenters. The summed E-state index contributed by atoms with van der Waals surface area (Å²) >= 11 is 0. The molecule has 0 aliphatic carbocycles. The standard InChI is InChI=1S/C12H22O11.3H2O/c13-1-4-6(16)7(17)8(18)11(21-4)22-9-5(2-14)23-12(20,3-15)10(9)19;;;/h4-11,13-20H,1-3H2;3*1H2/t4-,5-,6+,7+,8-,9-,10+,11+,12-;;;/m1.../s1. The Morgan fingerprint density at radius 3 is 1.81 bits per heavy atom. The second-order valence-electron chi connectivity index (χ2n) is 5.58. The van der Waals surface area contributed by atoms with E-state index in [1.165, 1.54) is 0 Å². The van der Waals surface area contributed by atoms with Crippen molar-refractivity contribution in [2.45, 2.75) is 54.8 Å². The van der Waals surface area contributed by atoms with Crippen molar-refractivity contribution in [2.75, 3.05) is 19.8 Å². The maximum absolute atomic E-state index is 10.00. The topological polar surface area (TPSA) is 284 Å². The lowest BCUT2D eigenvalue weighted by molar-refractivity contribution is -0.318. The molecule has 26 heavy (non-hydrogen) atoms. The molecule has 0 spiro atoms. The number of rotatable bonds is 5. The Hall–Kier alpha value is -0.560. The lowest BCUT2D eigenvalue weighted by Gasteiger charge is -2.41. The van der Waals surface area contributed by atoms with Gasteiger partial charge in [-0.1, -0.05) is 0 Å². The molecule has 2 aliphatic heterocycles. The third kappa shape index (κ3) is 4.83. The quantitative estimate of drug-likeness (QED) is 0.216. The second-order valence-corrected chi connectivity index (χ2v) is 5.58. The minimum atomic E-state index is -2.37. The van der Waals surface area contributed by atoms with Gasteiger partial charge >= 0.3 is 0 Å². The number of aliphatic hydroxyl groups excluding tert-OH is 7. The highest BCUT2D eigenvalue weighted by molar-refractivity contribution is 4.98. The van der Waals surface area contributed by atoms with Crippen molar-refractivity contribution < 1.29 is 71.5 Å². The van der Waals surface area contributed by atoms with Gasteiger partial charge < -0.3 is 71.5 Å². The van der Waals surface area contributed by atoms with E-state index in [0.29, 0.717) is 0 Å². The monoisotopic (exact) mass is 396 g/mol. The molecular weight excluding hydrogens is 368 g/mol. The van der Waals surface area contributed by atoms with Crippen LogP contribution in [0.25, 0.3) is 0 Å². The summed E-state index contributed by atoms with van der Waals surface area (Å²) in [6, 6.07) is 0. The first kappa shape index (κ1) is 27.7. The van der Waals surface area contributed by atoms with E-state index in [1.807, 2.05) is 0 Å². The van der Waals surface area contributed by atoms with Crippen molar-refractivity contribution in [2.24, 2.45) is 0 Å². The van der Waals surface area contributed by atoms with Crippen LogP contribution in [0, 0.1) is 0 Å². The summed E-state index contributed by atoms with van der Waals surface area (Å²) in [5, 5.41) is 76.5. The van der Waals surface area contributed by atoms with Crippen LogP contribution in [-0.2, 0) is 14.2 Å². The van der Waals surface area contributed by atoms with E-state index in [9.17, 15) is 30.6 Å². The van der Waals surface area contributed by atoms with Gasteiger partial charge in [-0.2, -0.15) is 0 Å². The van der Waals surface area contributed by atoms with Crippen LogP contribution in [0.5, 0.6) is 0 Å². The van der Waals surface area contributed by atoms with Crippen molar-refractivity contribution in [3.8, 4) is 0 Å². The Kier molecular flexibility index (Phi) is 11.4. The van der Waals surface area contributed by atoms with Gasteiger partial charge in [-0.05, 0) is 0 Å². The molecule has 2 fully saturated rings. The van der Waals surface area contributed by atoms with Crippen LogP contribution < -0.4 is 0 Å². The summed E-state index contributed by atoms with van der Waals surface area (Å²) in [7, 11) is 0. The first-order valence-corrected chi connectivity index (χ1v) is 7.05. The van der Waals surface area contributed by atoms with Crippen LogP contribution in [0.4, 0.5) is 0 Å². The van der Waals surface area contributed by atoms with Crippen molar-refractivity contribution in [3.05, 3.63) is 0 Å². The molecule has 0 radical (unpaired) electrons. The highest BCUT2D eigenvalue weighted by Gasteiger charge is 2.56. The van der Waals surface area contributed by atoms with Crippen molar-refractivity contribution in [1.29, 1.82) is 0 Å². The molecule has 14 heteroatoms. The van der Waals surface area contributed by atoms with Crippen molar-refractivity contribution >= 4 is 0 Å². The number of hydrogen-bond donors (Lipinski definition) is 8. The summed E-state index contributed by atoms with van der Waals surface area (Å²) in [5.41, 5.74) is 0. The zero-order valence-corrected chi connectivity index (χ0v) is 13.5. The fraction of sp³-hybridized carbons (Fsp3) is 1.00. The predicted octanol–water partition coefficient (Wildman–Crippen LogP) is -7.87. The van der Waals surface area contributed by atoms with Crippen LogP contribution >= 0.6 is 0 Å². The lowest BCUT2D eigenvalue weighted by Crippen LogP contribution is -2.60. The summed E-state index contributed by atoms with van der Waals surface area (Å²) in [5.74, 6) is -2.37. The van der Waals surface area contributed by atoms with Gasteiger partial charge in [-0.25, -0.2) is 0 Å². The Morgan fingerprint density at radius 1 is 0.808 bits per heavy atom. The number of hydrogen-bond acceptors (Lipinski definition) is 11. The van der Waals surface area contributed by atoms with Gasteiger partial charge in [0.15, 0.2) is 6.29 Å². The summed E-state index contributed by atoms with van der Waals surface area (Å²) in [6.45, 7) is -2.32. The van der Waals surface area contributed by atoms with Crippen LogP contribution in [0.15, 0.2) is 0 Å². The zero-order chi connectivity index (χ0) is 17.4. The molecule has 9 atom stereocenters. The van der Waals surface area contributed by atoms with Crippen molar-refractivity contribution in [3.63, 3.8) is 0 Å². The first-order chi connectivity index (χ1) is 10.8. The SMILES string of the molecule is O.O.O.OC[C@H]1O[C@@H](O[C@@H]2[C@@H](CO)O[C@](O)(CO)[C@H]2O)[C@H](O)[C@@H](O)[C@H]1O. The molecule has 0 aromatic rings. The molecule has 0 saturated carbocycles. The molecule has 0 aromatic carbocycles. The normalized spacial score (nSPS) is 45.2. The first-order valence-electron chi connectivity index (χ1n) is 7.05. The molecule has 2 saturated heterocycles. The molecule has 160 valence electrons.